The summed E-state index contributed by atoms with van der Waals surface area (Å²) in [5.41, 5.74) is 1.19. The van der Waals surface area contributed by atoms with Crippen molar-refractivity contribution in [1.82, 2.24) is 10.3 Å². The molecule has 126 valence electrons. The number of amides is 1. The molecular weight excluding hydrogens is 308 g/mol. The van der Waals surface area contributed by atoms with Gasteiger partial charge >= 0.3 is 5.97 Å². The van der Waals surface area contributed by atoms with Gasteiger partial charge in [0, 0.05) is 6.20 Å². The van der Waals surface area contributed by atoms with Crippen LogP contribution in [0.5, 0.6) is 5.75 Å². The third-order valence-electron chi connectivity index (χ3n) is 3.67. The number of carboxylic acids is 1. The zero-order chi connectivity index (χ0) is 17.7. The van der Waals surface area contributed by atoms with E-state index in [1.54, 1.807) is 7.11 Å². The normalized spacial score (nSPS) is 11.8. The third-order valence-corrected chi connectivity index (χ3v) is 3.67. The first kappa shape index (κ1) is 17.5. The molecule has 0 bridgehead atoms. The van der Waals surface area contributed by atoms with Gasteiger partial charge in [-0.1, -0.05) is 26.0 Å². The molecule has 0 saturated carbocycles. The number of nitrogens with zero attached hydrogens (tertiary/aromatic N) is 1. The van der Waals surface area contributed by atoms with Crippen molar-refractivity contribution >= 4 is 11.9 Å². The fourth-order valence-corrected chi connectivity index (χ4v) is 2.33. The lowest BCUT2D eigenvalue weighted by Gasteiger charge is -2.23. The van der Waals surface area contributed by atoms with E-state index < -0.39 is 5.97 Å². The van der Waals surface area contributed by atoms with Crippen molar-refractivity contribution in [2.45, 2.75) is 19.9 Å². The molecule has 1 amide bonds. The molecule has 1 aromatic carbocycles. The number of pyridine rings is 1. The van der Waals surface area contributed by atoms with Gasteiger partial charge in [-0.3, -0.25) is 4.79 Å². The Balaban J connectivity index is 2.17. The summed E-state index contributed by atoms with van der Waals surface area (Å²) < 4.78 is 5.15. The number of rotatable bonds is 6. The summed E-state index contributed by atoms with van der Waals surface area (Å²) in [4.78, 5) is 27.0. The fourth-order valence-electron chi connectivity index (χ4n) is 2.33. The summed E-state index contributed by atoms with van der Waals surface area (Å²) in [6.45, 7) is 4.03. The number of carbonyl (C=O) groups is 2. The predicted molar refractivity (Wildman–Crippen MR) is 89.2 cm³/mol. The first-order chi connectivity index (χ1) is 11.4. The summed E-state index contributed by atoms with van der Waals surface area (Å²) in [5.74, 6) is -0.496. The molecule has 1 atom stereocenters. The number of aromatic nitrogens is 1. The lowest BCUT2D eigenvalue weighted by Crippen LogP contribution is -2.31. The average Bonchev–Trinajstić information content (AvgIpc) is 2.59. The Morgan fingerprint density at radius 3 is 2.25 bits per heavy atom. The molecule has 2 N–H and O–H groups in total. The molecule has 6 nitrogen and oxygen atoms in total. The molecular formula is C18H20N2O4. The predicted octanol–water partition coefficient (Wildman–Crippen LogP) is 2.92. The lowest BCUT2D eigenvalue weighted by molar-refractivity contribution is 0.0689. The van der Waals surface area contributed by atoms with Gasteiger partial charge in [-0.05, 0) is 35.7 Å². The van der Waals surface area contributed by atoms with Gasteiger partial charge in [0.2, 0.25) is 0 Å². The van der Waals surface area contributed by atoms with Gasteiger partial charge in [0.05, 0.1) is 18.7 Å². The summed E-state index contributed by atoms with van der Waals surface area (Å²) in [6, 6.07) is 10.1. The number of nitrogens with one attached hydrogen (secondary N) is 1. The van der Waals surface area contributed by atoms with Gasteiger partial charge in [-0.15, -0.1) is 0 Å². The quantitative estimate of drug-likeness (QED) is 0.851. The van der Waals surface area contributed by atoms with Crippen LogP contribution < -0.4 is 10.1 Å². The molecule has 1 heterocycles. The largest absolute Gasteiger partial charge is 0.497 e. The highest BCUT2D eigenvalue weighted by Crippen LogP contribution is 2.24. The van der Waals surface area contributed by atoms with E-state index in [9.17, 15) is 9.59 Å². The fraction of sp³-hybridized carbons (Fsp3) is 0.278. The van der Waals surface area contributed by atoms with Crippen molar-refractivity contribution in [1.29, 1.82) is 0 Å². The van der Waals surface area contributed by atoms with E-state index in [-0.39, 0.29) is 23.6 Å². The molecule has 6 heteroatoms. The highest BCUT2D eigenvalue weighted by molar-refractivity contribution is 5.95. The number of benzene rings is 1. The molecule has 1 aromatic heterocycles. The molecule has 0 saturated heterocycles. The summed E-state index contributed by atoms with van der Waals surface area (Å²) >= 11 is 0. The van der Waals surface area contributed by atoms with Crippen molar-refractivity contribution in [3.05, 3.63) is 59.4 Å². The van der Waals surface area contributed by atoms with Crippen LogP contribution in [0.15, 0.2) is 42.6 Å². The van der Waals surface area contributed by atoms with Crippen LogP contribution in [0.2, 0.25) is 0 Å². The monoisotopic (exact) mass is 328 g/mol. The zero-order valence-corrected chi connectivity index (χ0v) is 13.8. The second-order valence-electron chi connectivity index (χ2n) is 5.71. The molecule has 0 aliphatic heterocycles. The Bertz CT molecular complexity index is 709. The number of methoxy groups -OCH3 is 1. The van der Waals surface area contributed by atoms with E-state index in [0.717, 1.165) is 11.3 Å². The smallest absolute Gasteiger partial charge is 0.354 e. The number of hydrogen-bond donors (Lipinski definition) is 2. The number of aromatic carboxylic acids is 1. The molecule has 2 aromatic rings. The van der Waals surface area contributed by atoms with Crippen LogP contribution in [0.4, 0.5) is 0 Å². The minimum absolute atomic E-state index is 0.0953. The first-order valence-corrected chi connectivity index (χ1v) is 7.56. The molecule has 0 radical (unpaired) electrons. The SMILES string of the molecule is COc1ccc(C(NC(=O)c2ccc(C(=O)O)nc2)C(C)C)cc1. The van der Waals surface area contributed by atoms with E-state index in [2.05, 4.69) is 10.3 Å². The Kier molecular flexibility index (Phi) is 5.52. The van der Waals surface area contributed by atoms with Crippen LogP contribution in [0.1, 0.15) is 46.3 Å². The summed E-state index contributed by atoms with van der Waals surface area (Å²) in [5, 5.41) is 11.8. The van der Waals surface area contributed by atoms with Crippen LogP contribution in [0.3, 0.4) is 0 Å². The molecule has 0 spiro atoms. The van der Waals surface area contributed by atoms with Gasteiger partial charge in [-0.2, -0.15) is 0 Å². The Hall–Kier alpha value is -2.89. The highest BCUT2D eigenvalue weighted by atomic mass is 16.5. The summed E-state index contributed by atoms with van der Waals surface area (Å²) in [6.07, 6.45) is 1.27. The van der Waals surface area contributed by atoms with Crippen molar-refractivity contribution < 1.29 is 19.4 Å². The Morgan fingerprint density at radius 1 is 1.12 bits per heavy atom. The minimum atomic E-state index is -1.12. The molecule has 2 rings (SSSR count). The molecule has 0 fully saturated rings. The van der Waals surface area contributed by atoms with Crippen LogP contribution in [0.25, 0.3) is 0 Å². The molecule has 1 unspecified atom stereocenters. The van der Waals surface area contributed by atoms with Gasteiger partial charge in [0.25, 0.3) is 5.91 Å². The van der Waals surface area contributed by atoms with Gasteiger partial charge in [0.1, 0.15) is 11.4 Å². The van der Waals surface area contributed by atoms with Crippen molar-refractivity contribution in [3.8, 4) is 5.75 Å². The van der Waals surface area contributed by atoms with Crippen molar-refractivity contribution in [2.75, 3.05) is 7.11 Å². The van der Waals surface area contributed by atoms with E-state index in [4.69, 9.17) is 9.84 Å². The Labute approximate surface area is 140 Å². The third kappa shape index (κ3) is 4.10. The summed E-state index contributed by atoms with van der Waals surface area (Å²) in [7, 11) is 1.60. The van der Waals surface area contributed by atoms with Gasteiger partial charge in [-0.25, -0.2) is 9.78 Å². The minimum Gasteiger partial charge on any atom is -0.497 e. The van der Waals surface area contributed by atoms with E-state index >= 15 is 0 Å². The first-order valence-electron chi connectivity index (χ1n) is 7.56. The lowest BCUT2D eigenvalue weighted by atomic mass is 9.95. The van der Waals surface area contributed by atoms with Gasteiger partial charge < -0.3 is 15.2 Å². The highest BCUT2D eigenvalue weighted by Gasteiger charge is 2.19. The van der Waals surface area contributed by atoms with Crippen molar-refractivity contribution in [3.63, 3.8) is 0 Å². The second kappa shape index (κ2) is 7.59. The number of carboxylic acid groups (broad SMARTS) is 1. The van der Waals surface area contributed by atoms with E-state index in [0.29, 0.717) is 5.56 Å². The molecule has 0 aliphatic carbocycles. The van der Waals surface area contributed by atoms with Crippen LogP contribution in [-0.2, 0) is 0 Å². The number of hydrogen-bond acceptors (Lipinski definition) is 4. The van der Waals surface area contributed by atoms with E-state index in [1.165, 1.54) is 18.3 Å². The van der Waals surface area contributed by atoms with Crippen LogP contribution in [0, 0.1) is 5.92 Å². The maximum atomic E-state index is 12.4. The Morgan fingerprint density at radius 2 is 1.79 bits per heavy atom. The number of ether oxygens (including phenoxy) is 1. The maximum absolute atomic E-state index is 12.4. The van der Waals surface area contributed by atoms with Gasteiger partial charge in [0.15, 0.2) is 0 Å². The van der Waals surface area contributed by atoms with Crippen LogP contribution >= 0.6 is 0 Å². The zero-order valence-electron chi connectivity index (χ0n) is 13.8. The maximum Gasteiger partial charge on any atom is 0.354 e. The number of carbonyl (C=O) groups excluding carboxylic acids is 1. The molecule has 0 aliphatic rings. The van der Waals surface area contributed by atoms with Crippen molar-refractivity contribution in [2.24, 2.45) is 5.92 Å². The topological polar surface area (TPSA) is 88.5 Å². The average molecular weight is 328 g/mol. The van der Waals surface area contributed by atoms with Crippen LogP contribution in [-0.4, -0.2) is 29.1 Å². The second-order valence-corrected chi connectivity index (χ2v) is 5.71. The van der Waals surface area contributed by atoms with E-state index in [1.807, 2.05) is 38.1 Å². The standard InChI is InChI=1S/C18H20N2O4/c1-11(2)16(12-4-7-14(24-3)8-5-12)20-17(21)13-6-9-15(18(22)23)19-10-13/h4-11,16H,1-3H3,(H,20,21)(H,22,23). The molecule has 24 heavy (non-hydrogen) atoms.